The fourth-order valence-electron chi connectivity index (χ4n) is 3.03. The number of ketones is 1. The van der Waals surface area contributed by atoms with Crippen molar-refractivity contribution in [1.29, 1.82) is 0 Å². The number of sulfonamides is 1. The van der Waals surface area contributed by atoms with Gasteiger partial charge >= 0.3 is 0 Å². The Morgan fingerprint density at radius 3 is 2.11 bits per heavy atom. The average molecular weight is 426 g/mol. The largest absolute Gasteiger partial charge is 0.478 e. The molecule has 0 spiro atoms. The molecular formula is C19H17Cl2NO4S. The van der Waals surface area contributed by atoms with E-state index in [4.69, 9.17) is 33.1 Å². The smallest absolute Gasteiger partial charge is 0.238 e. The average Bonchev–Trinajstić information content (AvgIpc) is 2.75. The fourth-order valence-corrected chi connectivity index (χ4v) is 4.32. The zero-order chi connectivity index (χ0) is 20.1. The summed E-state index contributed by atoms with van der Waals surface area (Å²) in [6.07, 6.45) is 0. The Morgan fingerprint density at radius 1 is 1.00 bits per heavy atom. The number of ether oxygens (including phenoxy) is 1. The lowest BCUT2D eigenvalue weighted by molar-refractivity contribution is -0.125. The van der Waals surface area contributed by atoms with Gasteiger partial charge in [0.1, 0.15) is 5.76 Å². The van der Waals surface area contributed by atoms with Crippen LogP contribution < -0.4 is 5.14 Å². The molecule has 2 aromatic rings. The third kappa shape index (κ3) is 3.75. The van der Waals surface area contributed by atoms with Crippen molar-refractivity contribution in [2.45, 2.75) is 31.3 Å². The Labute approximate surface area is 167 Å². The number of nitrogens with two attached hydrogens (primary N) is 1. The number of hydrogen-bond acceptors (Lipinski definition) is 4. The van der Waals surface area contributed by atoms with Crippen molar-refractivity contribution in [3.8, 4) is 0 Å². The van der Waals surface area contributed by atoms with Crippen molar-refractivity contribution in [2.24, 2.45) is 5.14 Å². The van der Waals surface area contributed by atoms with Crippen molar-refractivity contribution in [1.82, 2.24) is 0 Å². The molecule has 0 aromatic heterocycles. The number of hydrogen-bond donors (Lipinski definition) is 1. The second kappa shape index (κ2) is 6.63. The predicted octanol–water partition coefficient (Wildman–Crippen LogP) is 4.20. The zero-order valence-corrected chi connectivity index (χ0v) is 17.2. The number of primary sulfonamides is 1. The van der Waals surface area contributed by atoms with Crippen molar-refractivity contribution in [2.75, 3.05) is 0 Å². The highest BCUT2D eigenvalue weighted by Gasteiger charge is 2.43. The molecule has 0 saturated carbocycles. The van der Waals surface area contributed by atoms with E-state index >= 15 is 0 Å². The predicted molar refractivity (Wildman–Crippen MR) is 106 cm³/mol. The topological polar surface area (TPSA) is 86.5 Å². The summed E-state index contributed by atoms with van der Waals surface area (Å²) in [5, 5.41) is 6.01. The molecular weight excluding hydrogens is 409 g/mol. The lowest BCUT2D eigenvalue weighted by atomic mass is 9.92. The molecule has 3 rings (SSSR count). The molecule has 0 aliphatic carbocycles. The van der Waals surface area contributed by atoms with Crippen LogP contribution in [0.25, 0.3) is 11.3 Å². The van der Waals surface area contributed by atoms with E-state index in [1.54, 1.807) is 51.1 Å². The summed E-state index contributed by atoms with van der Waals surface area (Å²) in [5.74, 6) is 0.122. The van der Waals surface area contributed by atoms with Crippen LogP contribution in [0.15, 0.2) is 41.3 Å². The van der Waals surface area contributed by atoms with E-state index in [1.165, 1.54) is 6.07 Å². The van der Waals surface area contributed by atoms with Crippen LogP contribution in [-0.2, 0) is 19.6 Å². The van der Waals surface area contributed by atoms with Crippen LogP contribution in [0.5, 0.6) is 0 Å². The maximum atomic E-state index is 13.0. The molecule has 0 radical (unpaired) electrons. The molecule has 2 aromatic carbocycles. The van der Waals surface area contributed by atoms with Gasteiger partial charge in [0.25, 0.3) is 0 Å². The molecule has 1 heterocycles. The molecule has 0 amide bonds. The molecule has 27 heavy (non-hydrogen) atoms. The van der Waals surface area contributed by atoms with E-state index in [2.05, 4.69) is 0 Å². The SMILES string of the molecule is Cc1cc(C2=C(c3cc(Cl)cc(Cl)c3)C(=O)C(C)(C)O2)ccc1S(N)(=O)=O. The Morgan fingerprint density at radius 2 is 1.59 bits per heavy atom. The van der Waals surface area contributed by atoms with E-state index in [-0.39, 0.29) is 10.7 Å². The second-order valence-corrected chi connectivity index (χ2v) is 9.23. The van der Waals surface area contributed by atoms with E-state index in [1.807, 2.05) is 0 Å². The molecule has 8 heteroatoms. The first-order valence-electron chi connectivity index (χ1n) is 7.98. The number of carbonyl (C=O) groups is 1. The summed E-state index contributed by atoms with van der Waals surface area (Å²) in [6, 6.07) is 9.42. The number of benzene rings is 2. The lowest BCUT2D eigenvalue weighted by Gasteiger charge is -2.18. The van der Waals surface area contributed by atoms with Crippen LogP contribution >= 0.6 is 23.2 Å². The van der Waals surface area contributed by atoms with E-state index < -0.39 is 15.6 Å². The van der Waals surface area contributed by atoms with E-state index in [0.29, 0.717) is 38.1 Å². The van der Waals surface area contributed by atoms with Crippen molar-refractivity contribution in [3.63, 3.8) is 0 Å². The number of halogens is 2. The summed E-state index contributed by atoms with van der Waals surface area (Å²) >= 11 is 12.2. The number of rotatable bonds is 3. The van der Waals surface area contributed by atoms with Gasteiger partial charge in [-0.05, 0) is 68.3 Å². The zero-order valence-electron chi connectivity index (χ0n) is 14.8. The maximum Gasteiger partial charge on any atom is 0.238 e. The van der Waals surface area contributed by atoms with Crippen LogP contribution in [0, 0.1) is 6.92 Å². The molecule has 0 saturated heterocycles. The van der Waals surface area contributed by atoms with Gasteiger partial charge in [-0.1, -0.05) is 23.2 Å². The van der Waals surface area contributed by atoms with Crippen LogP contribution in [0.3, 0.4) is 0 Å². The highest BCUT2D eigenvalue weighted by atomic mass is 35.5. The van der Waals surface area contributed by atoms with Crippen molar-refractivity contribution in [3.05, 3.63) is 63.1 Å². The van der Waals surface area contributed by atoms with Gasteiger partial charge in [0, 0.05) is 15.6 Å². The minimum absolute atomic E-state index is 0.0165. The number of carbonyl (C=O) groups excluding carboxylic acids is 1. The standard InChI is InChI=1S/C19H17Cl2NO4S/c1-10-6-11(4-5-15(10)27(22,24)25)17-16(18(23)19(2,3)26-17)12-7-13(20)9-14(21)8-12/h4-9H,1-3H3,(H2,22,24,25). The Hall–Kier alpha value is -1.86. The van der Waals surface area contributed by atoms with Gasteiger partial charge in [-0.3, -0.25) is 4.79 Å². The molecule has 0 unspecified atom stereocenters. The summed E-state index contributed by atoms with van der Waals surface area (Å²) in [5.41, 5.74) is 0.807. The van der Waals surface area contributed by atoms with Crippen molar-refractivity contribution < 1.29 is 17.9 Å². The lowest BCUT2D eigenvalue weighted by Crippen LogP contribution is -2.29. The minimum Gasteiger partial charge on any atom is -0.478 e. The van der Waals surface area contributed by atoms with Crippen LogP contribution in [0.4, 0.5) is 0 Å². The molecule has 0 bridgehead atoms. The maximum absolute atomic E-state index is 13.0. The monoisotopic (exact) mass is 425 g/mol. The van der Waals surface area contributed by atoms with Gasteiger partial charge in [0.2, 0.25) is 15.8 Å². The summed E-state index contributed by atoms with van der Waals surface area (Å²) in [6.45, 7) is 4.96. The van der Waals surface area contributed by atoms with Crippen LogP contribution in [0.2, 0.25) is 10.0 Å². The normalized spacial score (nSPS) is 16.6. The summed E-state index contributed by atoms with van der Waals surface area (Å²) < 4.78 is 29.2. The minimum atomic E-state index is -3.84. The Bertz CT molecular complexity index is 1080. The fraction of sp³-hybridized carbons (Fsp3) is 0.211. The van der Waals surface area contributed by atoms with Gasteiger partial charge in [-0.2, -0.15) is 0 Å². The highest BCUT2D eigenvalue weighted by Crippen LogP contribution is 2.42. The van der Waals surface area contributed by atoms with E-state index in [0.717, 1.165) is 0 Å². The third-order valence-corrected chi connectivity index (χ3v) is 5.76. The second-order valence-electron chi connectivity index (χ2n) is 6.83. The molecule has 1 aliphatic heterocycles. The molecule has 2 N–H and O–H groups in total. The molecule has 142 valence electrons. The highest BCUT2D eigenvalue weighted by molar-refractivity contribution is 7.89. The summed E-state index contributed by atoms with van der Waals surface area (Å²) in [4.78, 5) is 13.0. The summed E-state index contributed by atoms with van der Waals surface area (Å²) in [7, 11) is -3.84. The van der Waals surface area contributed by atoms with Gasteiger partial charge in [0.05, 0.1) is 10.5 Å². The van der Waals surface area contributed by atoms with Gasteiger partial charge in [-0.25, -0.2) is 13.6 Å². The Kier molecular flexibility index (Phi) is 4.89. The van der Waals surface area contributed by atoms with Crippen molar-refractivity contribution >= 4 is 50.3 Å². The third-order valence-electron chi connectivity index (χ3n) is 4.25. The molecule has 1 aliphatic rings. The number of aryl methyl sites for hydroxylation is 1. The van der Waals surface area contributed by atoms with E-state index in [9.17, 15) is 13.2 Å². The Balaban J connectivity index is 2.25. The molecule has 0 atom stereocenters. The molecule has 0 fully saturated rings. The van der Waals surface area contributed by atoms with Gasteiger partial charge < -0.3 is 4.74 Å². The number of Topliss-reactive ketones (excluding diaryl/α,β-unsaturated/α-hetero) is 1. The first-order valence-corrected chi connectivity index (χ1v) is 10.3. The first kappa shape index (κ1) is 19.9. The van der Waals surface area contributed by atoms with Gasteiger partial charge in [-0.15, -0.1) is 0 Å². The quantitative estimate of drug-likeness (QED) is 0.797. The van der Waals surface area contributed by atoms with Crippen LogP contribution in [0.1, 0.15) is 30.5 Å². The van der Waals surface area contributed by atoms with Gasteiger partial charge in [0.15, 0.2) is 5.60 Å². The first-order chi connectivity index (χ1) is 12.4. The van der Waals surface area contributed by atoms with Crippen LogP contribution in [-0.4, -0.2) is 19.8 Å². The molecule has 5 nitrogen and oxygen atoms in total.